The molecule has 0 radical (unpaired) electrons. The molecule has 0 aliphatic heterocycles. The number of amides is 1. The Morgan fingerprint density at radius 3 is 2.76 bits per heavy atom. The van der Waals surface area contributed by atoms with Crippen LogP contribution in [0.25, 0.3) is 0 Å². The molecule has 0 aliphatic rings. The molecule has 21 heavy (non-hydrogen) atoms. The van der Waals surface area contributed by atoms with Crippen molar-refractivity contribution in [2.45, 2.75) is 12.7 Å². The highest BCUT2D eigenvalue weighted by atomic mass is 19.4. The summed E-state index contributed by atoms with van der Waals surface area (Å²) in [6.07, 6.45) is -3.91. The van der Waals surface area contributed by atoms with Crippen LogP contribution < -0.4 is 16.8 Å². The predicted octanol–water partition coefficient (Wildman–Crippen LogP) is 0.507. The molecule has 0 aromatic carbocycles. The van der Waals surface area contributed by atoms with E-state index in [1.54, 1.807) is 0 Å². The molecule has 1 amide bonds. The van der Waals surface area contributed by atoms with Gasteiger partial charge in [0.2, 0.25) is 0 Å². The lowest BCUT2D eigenvalue weighted by molar-refractivity contribution is -0.138. The first-order valence-electron chi connectivity index (χ1n) is 5.55. The monoisotopic (exact) mass is 302 g/mol. The van der Waals surface area contributed by atoms with Gasteiger partial charge in [-0.05, 0) is 6.07 Å². The van der Waals surface area contributed by atoms with E-state index >= 15 is 0 Å². The van der Waals surface area contributed by atoms with Crippen molar-refractivity contribution >= 4 is 5.91 Å². The van der Waals surface area contributed by atoms with Crippen molar-refractivity contribution in [1.29, 1.82) is 0 Å². The zero-order valence-electron chi connectivity index (χ0n) is 10.3. The SMILES string of the molecule is NNC(=O)c1cc(Cn2cc(C(F)(F)F)ccc2=O)on1. The summed E-state index contributed by atoms with van der Waals surface area (Å²) < 4.78 is 43.3. The minimum Gasteiger partial charge on any atom is -0.359 e. The Labute approximate surface area is 115 Å². The van der Waals surface area contributed by atoms with Gasteiger partial charge in [-0.2, -0.15) is 13.2 Å². The largest absolute Gasteiger partial charge is 0.417 e. The number of nitrogens with one attached hydrogen (secondary N) is 1. The molecule has 0 bridgehead atoms. The molecule has 3 N–H and O–H groups in total. The van der Waals surface area contributed by atoms with Crippen molar-refractivity contribution in [1.82, 2.24) is 15.1 Å². The van der Waals surface area contributed by atoms with Crippen LogP contribution in [0, 0.1) is 0 Å². The van der Waals surface area contributed by atoms with Crippen LogP contribution in [0.15, 0.2) is 33.7 Å². The summed E-state index contributed by atoms with van der Waals surface area (Å²) in [6.45, 7) is -0.298. The smallest absolute Gasteiger partial charge is 0.359 e. The van der Waals surface area contributed by atoms with Crippen molar-refractivity contribution in [3.63, 3.8) is 0 Å². The Balaban J connectivity index is 2.29. The molecule has 2 aromatic heterocycles. The molecule has 0 fully saturated rings. The molecule has 0 aliphatic carbocycles. The molecule has 112 valence electrons. The van der Waals surface area contributed by atoms with E-state index in [1.165, 1.54) is 6.07 Å². The number of hydrazine groups is 1. The second kappa shape index (κ2) is 5.40. The van der Waals surface area contributed by atoms with Crippen LogP contribution in [0.1, 0.15) is 21.8 Å². The fourth-order valence-electron chi connectivity index (χ4n) is 1.56. The van der Waals surface area contributed by atoms with E-state index in [4.69, 9.17) is 10.4 Å². The van der Waals surface area contributed by atoms with Crippen molar-refractivity contribution in [2.24, 2.45) is 5.84 Å². The lowest BCUT2D eigenvalue weighted by atomic mass is 10.2. The third kappa shape index (κ3) is 3.28. The average molecular weight is 302 g/mol. The second-order valence-corrected chi connectivity index (χ2v) is 4.03. The van der Waals surface area contributed by atoms with Crippen LogP contribution >= 0.6 is 0 Å². The van der Waals surface area contributed by atoms with Crippen molar-refractivity contribution in [3.05, 3.63) is 51.8 Å². The Kier molecular flexibility index (Phi) is 3.80. The van der Waals surface area contributed by atoms with E-state index in [0.29, 0.717) is 12.3 Å². The van der Waals surface area contributed by atoms with Crippen LogP contribution in [-0.2, 0) is 12.7 Å². The van der Waals surface area contributed by atoms with Crippen molar-refractivity contribution in [2.75, 3.05) is 0 Å². The second-order valence-electron chi connectivity index (χ2n) is 4.03. The van der Waals surface area contributed by atoms with Crippen LogP contribution in [-0.4, -0.2) is 15.6 Å². The molecule has 7 nitrogen and oxygen atoms in total. The number of nitrogens with zero attached hydrogens (tertiary/aromatic N) is 2. The van der Waals surface area contributed by atoms with Crippen molar-refractivity contribution < 1.29 is 22.5 Å². The summed E-state index contributed by atoms with van der Waals surface area (Å²) >= 11 is 0. The fraction of sp³-hybridized carbons (Fsp3) is 0.182. The van der Waals surface area contributed by atoms with Gasteiger partial charge in [-0.1, -0.05) is 5.16 Å². The maximum absolute atomic E-state index is 12.6. The Hall–Kier alpha value is -2.62. The summed E-state index contributed by atoms with van der Waals surface area (Å²) in [5.41, 5.74) is 0.0546. The lowest BCUT2D eigenvalue weighted by Gasteiger charge is -2.09. The first-order valence-corrected chi connectivity index (χ1v) is 5.55. The topological polar surface area (TPSA) is 103 Å². The number of hydrogen-bond acceptors (Lipinski definition) is 5. The van der Waals surface area contributed by atoms with Gasteiger partial charge in [0.1, 0.15) is 0 Å². The van der Waals surface area contributed by atoms with Gasteiger partial charge in [0.05, 0.1) is 12.1 Å². The van der Waals surface area contributed by atoms with E-state index in [-0.39, 0.29) is 18.0 Å². The summed E-state index contributed by atoms with van der Waals surface area (Å²) in [6, 6.07) is 2.66. The van der Waals surface area contributed by atoms with Gasteiger partial charge in [0.15, 0.2) is 11.5 Å². The summed E-state index contributed by atoms with van der Waals surface area (Å²) in [5, 5.41) is 3.38. The molecule has 10 heteroatoms. The normalized spacial score (nSPS) is 11.4. The molecule has 2 aromatic rings. The number of alkyl halides is 3. The number of rotatable bonds is 3. The van der Waals surface area contributed by atoms with Crippen molar-refractivity contribution in [3.8, 4) is 0 Å². The lowest BCUT2D eigenvalue weighted by Crippen LogP contribution is -2.30. The molecule has 0 spiro atoms. The number of pyridine rings is 1. The van der Waals surface area contributed by atoms with E-state index < -0.39 is 23.2 Å². The third-order valence-electron chi connectivity index (χ3n) is 2.56. The molecule has 2 rings (SSSR count). The fourth-order valence-corrected chi connectivity index (χ4v) is 1.56. The van der Waals surface area contributed by atoms with Gasteiger partial charge in [-0.15, -0.1) is 0 Å². The number of carbonyl (C=O) groups excluding carboxylic acids is 1. The van der Waals surface area contributed by atoms with Crippen LogP contribution in [0.2, 0.25) is 0 Å². The van der Waals surface area contributed by atoms with Gasteiger partial charge in [-0.25, -0.2) is 5.84 Å². The molecule has 0 saturated heterocycles. The number of aromatic nitrogens is 2. The molecular weight excluding hydrogens is 293 g/mol. The number of nitrogen functional groups attached to an aromatic ring is 1. The zero-order chi connectivity index (χ0) is 15.6. The van der Waals surface area contributed by atoms with Gasteiger partial charge in [-0.3, -0.25) is 15.0 Å². The first kappa shape index (κ1) is 14.8. The quantitative estimate of drug-likeness (QED) is 0.488. The number of nitrogens with two attached hydrogens (primary N) is 1. The van der Waals surface area contributed by atoms with E-state index in [9.17, 15) is 22.8 Å². The molecular formula is C11H9F3N4O3. The molecule has 0 atom stereocenters. The maximum atomic E-state index is 12.6. The standard InChI is InChI=1S/C11H9F3N4O3/c12-11(13,14)6-1-2-9(19)18(4-6)5-7-3-8(17-21-7)10(20)16-15/h1-4H,5,15H2,(H,16,20). The zero-order valence-corrected chi connectivity index (χ0v) is 10.3. The Bertz CT molecular complexity index is 720. The summed E-state index contributed by atoms with van der Waals surface area (Å²) in [5.74, 6) is 4.21. The minimum absolute atomic E-state index is 0.0371. The van der Waals surface area contributed by atoms with Gasteiger partial charge < -0.3 is 9.09 Å². The highest BCUT2D eigenvalue weighted by Gasteiger charge is 2.31. The number of halogens is 3. The predicted molar refractivity (Wildman–Crippen MR) is 63.0 cm³/mol. The molecule has 2 heterocycles. The first-order chi connectivity index (χ1) is 9.81. The minimum atomic E-state index is -4.57. The van der Waals surface area contributed by atoms with E-state index in [0.717, 1.165) is 10.6 Å². The van der Waals surface area contributed by atoms with Gasteiger partial charge >= 0.3 is 6.18 Å². The molecule has 0 saturated carbocycles. The maximum Gasteiger partial charge on any atom is 0.417 e. The average Bonchev–Trinajstić information content (AvgIpc) is 2.87. The van der Waals surface area contributed by atoms with Crippen LogP contribution in [0.3, 0.4) is 0 Å². The number of hydrogen-bond donors (Lipinski definition) is 2. The van der Waals surface area contributed by atoms with Crippen LogP contribution in [0.4, 0.5) is 13.2 Å². The molecule has 0 unspecified atom stereocenters. The van der Waals surface area contributed by atoms with Crippen LogP contribution in [0.5, 0.6) is 0 Å². The third-order valence-corrected chi connectivity index (χ3v) is 2.56. The van der Waals surface area contributed by atoms with E-state index in [2.05, 4.69) is 5.16 Å². The van der Waals surface area contributed by atoms with E-state index in [1.807, 2.05) is 5.43 Å². The van der Waals surface area contributed by atoms with Gasteiger partial charge in [0, 0.05) is 18.3 Å². The highest BCUT2D eigenvalue weighted by Crippen LogP contribution is 2.28. The summed E-state index contributed by atoms with van der Waals surface area (Å²) in [4.78, 5) is 22.7. The number of carbonyl (C=O) groups is 1. The van der Waals surface area contributed by atoms with Gasteiger partial charge in [0.25, 0.3) is 11.5 Å². The summed E-state index contributed by atoms with van der Waals surface area (Å²) in [7, 11) is 0. The Morgan fingerprint density at radius 2 is 2.14 bits per heavy atom. The highest BCUT2D eigenvalue weighted by molar-refractivity contribution is 5.91. The Morgan fingerprint density at radius 1 is 1.43 bits per heavy atom.